The van der Waals surface area contributed by atoms with E-state index < -0.39 is 10.9 Å². The Morgan fingerprint density at radius 1 is 0.952 bits per heavy atom. The third-order valence-electron chi connectivity index (χ3n) is 6.30. The van der Waals surface area contributed by atoms with Crippen molar-refractivity contribution in [1.82, 2.24) is 9.66 Å². The number of aromatic nitrogens is 2. The van der Waals surface area contributed by atoms with Crippen molar-refractivity contribution in [2.75, 3.05) is 7.11 Å². The van der Waals surface area contributed by atoms with Crippen molar-refractivity contribution in [3.05, 3.63) is 134 Å². The van der Waals surface area contributed by atoms with Crippen molar-refractivity contribution >= 4 is 34.9 Å². The number of carbonyl (C=O) groups excluding carboxylic acids is 1. The predicted octanol–water partition coefficient (Wildman–Crippen LogP) is 5.79. The number of benzene rings is 4. The van der Waals surface area contributed by atoms with Gasteiger partial charge in [-0.15, -0.1) is 0 Å². The van der Waals surface area contributed by atoms with Gasteiger partial charge in [0.15, 0.2) is 17.3 Å². The molecule has 0 aliphatic rings. The van der Waals surface area contributed by atoms with Gasteiger partial charge < -0.3 is 9.47 Å². The molecule has 4 aromatic carbocycles. The molecule has 0 amide bonds. The molecule has 0 radical (unpaired) electrons. The summed E-state index contributed by atoms with van der Waals surface area (Å²) in [7, 11) is 1.44. The topological polar surface area (TPSA) is 126 Å². The Morgan fingerprint density at radius 2 is 1.67 bits per heavy atom. The summed E-state index contributed by atoms with van der Waals surface area (Å²) in [6.07, 6.45) is 4.19. The maximum atomic E-state index is 13.4. The Kier molecular flexibility index (Phi) is 7.96. The van der Waals surface area contributed by atoms with Gasteiger partial charge in [0.1, 0.15) is 0 Å². The lowest BCUT2D eigenvalue weighted by molar-refractivity contribution is -0.384. The number of ether oxygens (including phenoxy) is 2. The van der Waals surface area contributed by atoms with Gasteiger partial charge in [-0.3, -0.25) is 14.9 Å². The molecule has 208 valence electrons. The number of nitrogens with zero attached hydrogens (tertiary/aromatic N) is 4. The fourth-order valence-corrected chi connectivity index (χ4v) is 4.11. The first-order valence-electron chi connectivity index (χ1n) is 12.8. The summed E-state index contributed by atoms with van der Waals surface area (Å²) >= 11 is 0. The first-order valence-corrected chi connectivity index (χ1v) is 12.8. The fourth-order valence-electron chi connectivity index (χ4n) is 4.11. The summed E-state index contributed by atoms with van der Waals surface area (Å²) in [4.78, 5) is 40.8. The second kappa shape index (κ2) is 12.1. The van der Waals surface area contributed by atoms with E-state index in [1.165, 1.54) is 54.4 Å². The third-order valence-corrected chi connectivity index (χ3v) is 6.30. The molecule has 0 bridgehead atoms. The number of hydrogen-bond acceptors (Lipinski definition) is 8. The first-order chi connectivity index (χ1) is 20.3. The van der Waals surface area contributed by atoms with E-state index in [4.69, 9.17) is 14.5 Å². The third kappa shape index (κ3) is 6.13. The monoisotopic (exact) mass is 560 g/mol. The van der Waals surface area contributed by atoms with E-state index >= 15 is 0 Å². The highest BCUT2D eigenvalue weighted by Crippen LogP contribution is 2.28. The van der Waals surface area contributed by atoms with Crippen LogP contribution < -0.4 is 15.0 Å². The summed E-state index contributed by atoms with van der Waals surface area (Å²) in [5.41, 5.74) is 3.21. The van der Waals surface area contributed by atoms with Gasteiger partial charge in [-0.2, -0.15) is 9.78 Å². The minimum Gasteiger partial charge on any atom is -0.493 e. The number of carbonyl (C=O) groups is 1. The summed E-state index contributed by atoms with van der Waals surface area (Å²) in [5.74, 6) is 0.188. The Labute approximate surface area is 240 Å². The lowest BCUT2D eigenvalue weighted by Crippen LogP contribution is -2.20. The fraction of sp³-hybridized carbons (Fsp3) is 0.0625. The van der Waals surface area contributed by atoms with Gasteiger partial charge >= 0.3 is 5.97 Å². The Hall–Kier alpha value is -5.90. The predicted molar refractivity (Wildman–Crippen MR) is 160 cm³/mol. The Bertz CT molecular complexity index is 1910. The van der Waals surface area contributed by atoms with Gasteiger partial charge in [0.2, 0.25) is 0 Å². The van der Waals surface area contributed by atoms with Crippen molar-refractivity contribution < 1.29 is 19.2 Å². The number of fused-ring (bicyclic) bond motifs is 1. The van der Waals surface area contributed by atoms with Crippen LogP contribution in [0.2, 0.25) is 0 Å². The van der Waals surface area contributed by atoms with Gasteiger partial charge in [-0.25, -0.2) is 9.78 Å². The molecule has 1 heterocycles. The molecule has 0 fully saturated rings. The lowest BCUT2D eigenvalue weighted by atomic mass is 10.1. The van der Waals surface area contributed by atoms with Gasteiger partial charge in [0.05, 0.1) is 29.2 Å². The zero-order valence-corrected chi connectivity index (χ0v) is 22.6. The smallest absolute Gasteiger partial charge is 0.336 e. The number of methoxy groups -OCH3 is 1. The highest BCUT2D eigenvalue weighted by molar-refractivity contribution is 5.89. The van der Waals surface area contributed by atoms with Crippen molar-refractivity contribution in [3.63, 3.8) is 0 Å². The zero-order valence-electron chi connectivity index (χ0n) is 22.6. The molecule has 10 heteroatoms. The van der Waals surface area contributed by atoms with Crippen LogP contribution in [0.15, 0.2) is 107 Å². The van der Waals surface area contributed by atoms with Gasteiger partial charge in [0.25, 0.3) is 11.2 Å². The van der Waals surface area contributed by atoms with Gasteiger partial charge in [-0.1, -0.05) is 42.0 Å². The van der Waals surface area contributed by atoms with Crippen LogP contribution in [0.3, 0.4) is 0 Å². The summed E-state index contributed by atoms with van der Waals surface area (Å²) < 4.78 is 12.1. The quantitative estimate of drug-likeness (QED) is 0.0587. The normalized spacial score (nSPS) is 11.3. The van der Waals surface area contributed by atoms with E-state index in [0.717, 1.165) is 11.1 Å². The number of hydrogen-bond donors (Lipinski definition) is 0. The SMILES string of the molecule is COc1cc(C=Nn2c(-c3ccc(C)cc3)nc3ccccc3c2=O)ccc1OC(=O)/C=C/c1ccc([N+](=O)[O-])cc1. The first kappa shape index (κ1) is 27.7. The average Bonchev–Trinajstić information content (AvgIpc) is 3.00. The molecule has 0 spiro atoms. The molecule has 0 unspecified atom stereocenters. The average molecular weight is 561 g/mol. The van der Waals surface area contributed by atoms with Crippen LogP contribution in [0.1, 0.15) is 16.7 Å². The van der Waals surface area contributed by atoms with Gasteiger partial charge in [-0.05, 0) is 66.6 Å². The van der Waals surface area contributed by atoms with Gasteiger partial charge in [0, 0.05) is 23.8 Å². The highest BCUT2D eigenvalue weighted by atomic mass is 16.6. The number of para-hydroxylation sites is 1. The largest absolute Gasteiger partial charge is 0.493 e. The lowest BCUT2D eigenvalue weighted by Gasteiger charge is -2.10. The molecule has 0 N–H and O–H groups in total. The minimum atomic E-state index is -0.662. The molecule has 5 aromatic rings. The second-order valence-electron chi connectivity index (χ2n) is 9.19. The maximum absolute atomic E-state index is 13.4. The highest BCUT2D eigenvalue weighted by Gasteiger charge is 2.13. The Balaban J connectivity index is 1.40. The summed E-state index contributed by atoms with van der Waals surface area (Å²) in [5, 5.41) is 15.7. The number of nitro groups is 1. The Morgan fingerprint density at radius 3 is 2.38 bits per heavy atom. The minimum absolute atomic E-state index is 0.0452. The van der Waals surface area contributed by atoms with E-state index in [-0.39, 0.29) is 22.7 Å². The van der Waals surface area contributed by atoms with Crippen molar-refractivity contribution in [1.29, 1.82) is 0 Å². The molecule has 0 aliphatic carbocycles. The van der Waals surface area contributed by atoms with Crippen LogP contribution in [-0.4, -0.2) is 33.9 Å². The van der Waals surface area contributed by atoms with Crippen LogP contribution >= 0.6 is 0 Å². The van der Waals surface area contributed by atoms with E-state index in [1.54, 1.807) is 36.4 Å². The molecule has 0 aliphatic heterocycles. The van der Waals surface area contributed by atoms with Crippen molar-refractivity contribution in [2.24, 2.45) is 5.10 Å². The number of rotatable bonds is 8. The van der Waals surface area contributed by atoms with Crippen molar-refractivity contribution in [2.45, 2.75) is 6.92 Å². The zero-order chi connectivity index (χ0) is 29.6. The van der Waals surface area contributed by atoms with E-state index in [1.807, 2.05) is 37.3 Å². The molecule has 0 saturated carbocycles. The van der Waals surface area contributed by atoms with Crippen LogP contribution in [0.4, 0.5) is 5.69 Å². The molecule has 0 atom stereocenters. The summed E-state index contributed by atoms with van der Waals surface area (Å²) in [6, 6.07) is 25.3. The van der Waals surface area contributed by atoms with Crippen LogP contribution in [0.25, 0.3) is 28.4 Å². The second-order valence-corrected chi connectivity index (χ2v) is 9.19. The maximum Gasteiger partial charge on any atom is 0.336 e. The van der Waals surface area contributed by atoms with Crippen LogP contribution in [0.5, 0.6) is 11.5 Å². The van der Waals surface area contributed by atoms with Crippen molar-refractivity contribution in [3.8, 4) is 22.9 Å². The molecular weight excluding hydrogens is 536 g/mol. The molecule has 5 rings (SSSR count). The van der Waals surface area contributed by atoms with Crippen LogP contribution in [0, 0.1) is 17.0 Å². The summed E-state index contributed by atoms with van der Waals surface area (Å²) in [6.45, 7) is 1.98. The number of non-ortho nitro benzene ring substituents is 1. The standard InChI is InChI=1S/C32H24N4O6/c1-21-7-13-24(14-8-21)31-34-27-6-4-3-5-26(27)32(38)35(31)33-20-23-11-17-28(29(19-23)41-2)42-30(37)18-12-22-9-15-25(16-10-22)36(39)40/h3-20H,1-2H3/b18-12+,33-20?. The number of nitro benzene ring substituents is 1. The number of aryl methyl sites for hydroxylation is 1. The molecule has 10 nitrogen and oxygen atoms in total. The van der Waals surface area contributed by atoms with E-state index in [0.29, 0.717) is 27.9 Å². The molecule has 0 saturated heterocycles. The number of esters is 1. The molecule has 1 aromatic heterocycles. The van der Waals surface area contributed by atoms with E-state index in [2.05, 4.69) is 5.10 Å². The van der Waals surface area contributed by atoms with Crippen LogP contribution in [-0.2, 0) is 4.79 Å². The molecular formula is C32H24N4O6. The molecule has 42 heavy (non-hydrogen) atoms. The van der Waals surface area contributed by atoms with E-state index in [9.17, 15) is 19.7 Å².